The van der Waals surface area contributed by atoms with Crippen LogP contribution in [-0.4, -0.2) is 33.9 Å². The molecule has 1 atom stereocenters. The molecule has 160 valence electrons. The van der Waals surface area contributed by atoms with Gasteiger partial charge < -0.3 is 15.5 Å². The highest BCUT2D eigenvalue weighted by atomic mass is 19.1. The van der Waals surface area contributed by atoms with Gasteiger partial charge in [0.05, 0.1) is 0 Å². The number of rotatable bonds is 6. The lowest BCUT2D eigenvalue weighted by molar-refractivity contribution is 0.0671. The number of piperidine rings is 1. The van der Waals surface area contributed by atoms with Crippen molar-refractivity contribution >= 4 is 29.0 Å². The topological polar surface area (TPSA) is 70.2 Å². The molecule has 6 nitrogen and oxygen atoms in total. The zero-order valence-electron chi connectivity index (χ0n) is 17.5. The van der Waals surface area contributed by atoms with Crippen LogP contribution in [0, 0.1) is 11.7 Å². The van der Waals surface area contributed by atoms with Gasteiger partial charge >= 0.3 is 0 Å². The maximum absolute atomic E-state index is 13.1. The fourth-order valence-electron chi connectivity index (χ4n) is 3.76. The number of halogens is 1. The van der Waals surface area contributed by atoms with E-state index in [9.17, 15) is 9.18 Å². The molecule has 1 amide bonds. The Morgan fingerprint density at radius 3 is 2.52 bits per heavy atom. The van der Waals surface area contributed by atoms with Gasteiger partial charge in [0.25, 0.3) is 5.91 Å². The van der Waals surface area contributed by atoms with Gasteiger partial charge in [-0.1, -0.05) is 13.3 Å². The monoisotopic (exact) mass is 419 g/mol. The molecular formula is C24H26FN5O. The van der Waals surface area contributed by atoms with E-state index in [1.807, 2.05) is 29.2 Å². The van der Waals surface area contributed by atoms with Crippen LogP contribution in [0.15, 0.2) is 60.8 Å². The molecule has 2 N–H and O–H groups in total. The Hall–Kier alpha value is -3.48. The van der Waals surface area contributed by atoms with Crippen LogP contribution in [0.4, 0.5) is 27.5 Å². The third kappa shape index (κ3) is 5.36. The molecule has 1 aliphatic rings. The first-order valence-corrected chi connectivity index (χ1v) is 10.6. The number of carbonyl (C=O) groups is 1. The minimum absolute atomic E-state index is 0.0893. The number of benzene rings is 2. The standard InChI is InChI=1S/C24H26FN5O/c1-2-17-4-3-15-30(16-17)23(31)18-5-9-21(10-6-18)28-24-26-14-13-22(29-24)27-20-11-7-19(25)8-12-20/h5-14,17H,2-4,15-16H2,1H3,(H2,26,27,28,29). The van der Waals surface area contributed by atoms with E-state index < -0.39 is 0 Å². The number of hydrogen-bond acceptors (Lipinski definition) is 5. The molecule has 1 aliphatic heterocycles. The zero-order chi connectivity index (χ0) is 21.6. The van der Waals surface area contributed by atoms with Crippen molar-refractivity contribution in [3.8, 4) is 0 Å². The van der Waals surface area contributed by atoms with Crippen LogP contribution in [0.25, 0.3) is 0 Å². The maximum Gasteiger partial charge on any atom is 0.253 e. The Morgan fingerprint density at radius 2 is 1.77 bits per heavy atom. The highest BCUT2D eigenvalue weighted by molar-refractivity contribution is 5.94. The Morgan fingerprint density at radius 1 is 1.06 bits per heavy atom. The van der Waals surface area contributed by atoms with Crippen molar-refractivity contribution in [3.63, 3.8) is 0 Å². The quantitative estimate of drug-likeness (QED) is 0.562. The summed E-state index contributed by atoms with van der Waals surface area (Å²) in [6, 6.07) is 15.2. The summed E-state index contributed by atoms with van der Waals surface area (Å²) in [6.45, 7) is 3.86. The number of hydrogen-bond donors (Lipinski definition) is 2. The van der Waals surface area contributed by atoms with E-state index in [0.29, 0.717) is 23.2 Å². The zero-order valence-corrected chi connectivity index (χ0v) is 17.5. The average Bonchev–Trinajstić information content (AvgIpc) is 2.81. The molecule has 0 bridgehead atoms. The molecule has 1 fully saturated rings. The maximum atomic E-state index is 13.1. The van der Waals surface area contributed by atoms with Gasteiger partial charge in [-0.25, -0.2) is 9.37 Å². The summed E-state index contributed by atoms with van der Waals surface area (Å²) in [5.74, 6) is 1.42. The first-order valence-electron chi connectivity index (χ1n) is 10.6. The van der Waals surface area contributed by atoms with Crippen LogP contribution >= 0.6 is 0 Å². The molecule has 3 aromatic rings. The molecule has 1 aromatic heterocycles. The number of anilines is 4. The van der Waals surface area contributed by atoms with E-state index in [0.717, 1.165) is 37.3 Å². The molecule has 0 aliphatic carbocycles. The van der Waals surface area contributed by atoms with Crippen LogP contribution in [0.3, 0.4) is 0 Å². The lowest BCUT2D eigenvalue weighted by Crippen LogP contribution is -2.39. The molecule has 4 rings (SSSR count). The molecule has 0 saturated carbocycles. The van der Waals surface area contributed by atoms with Gasteiger partial charge in [-0.15, -0.1) is 0 Å². The molecule has 2 heterocycles. The van der Waals surface area contributed by atoms with Crippen LogP contribution < -0.4 is 10.6 Å². The van der Waals surface area contributed by atoms with E-state index in [-0.39, 0.29) is 11.7 Å². The van der Waals surface area contributed by atoms with Crippen molar-refractivity contribution in [2.24, 2.45) is 5.92 Å². The fraction of sp³-hybridized carbons (Fsp3) is 0.292. The molecule has 1 saturated heterocycles. The number of carbonyl (C=O) groups excluding carboxylic acids is 1. The molecule has 2 aromatic carbocycles. The number of aromatic nitrogens is 2. The van der Waals surface area contributed by atoms with Crippen molar-refractivity contribution in [2.75, 3.05) is 23.7 Å². The van der Waals surface area contributed by atoms with Gasteiger partial charge in [0.2, 0.25) is 5.95 Å². The third-order valence-corrected chi connectivity index (χ3v) is 5.54. The van der Waals surface area contributed by atoms with Gasteiger partial charge in [-0.05, 0) is 73.4 Å². The van der Waals surface area contributed by atoms with E-state index in [1.54, 1.807) is 24.4 Å². The second-order valence-corrected chi connectivity index (χ2v) is 7.77. The molecular weight excluding hydrogens is 393 g/mol. The van der Waals surface area contributed by atoms with E-state index in [1.165, 1.54) is 18.6 Å². The van der Waals surface area contributed by atoms with Gasteiger partial charge in [0, 0.05) is 36.2 Å². The van der Waals surface area contributed by atoms with Crippen LogP contribution in [0.2, 0.25) is 0 Å². The third-order valence-electron chi connectivity index (χ3n) is 5.54. The Labute approximate surface area is 181 Å². The lowest BCUT2D eigenvalue weighted by atomic mass is 9.95. The Balaban J connectivity index is 1.39. The number of amides is 1. The normalized spacial score (nSPS) is 16.1. The summed E-state index contributed by atoms with van der Waals surface area (Å²) in [7, 11) is 0. The predicted octanol–water partition coefficient (Wildman–Crippen LogP) is 5.37. The van der Waals surface area contributed by atoms with Crippen LogP contribution in [-0.2, 0) is 0 Å². The minimum Gasteiger partial charge on any atom is -0.340 e. The molecule has 0 spiro atoms. The van der Waals surface area contributed by atoms with Gasteiger partial charge in [0.1, 0.15) is 11.6 Å². The van der Waals surface area contributed by atoms with E-state index in [2.05, 4.69) is 27.5 Å². The molecule has 0 radical (unpaired) electrons. The van der Waals surface area contributed by atoms with Gasteiger partial charge in [-0.3, -0.25) is 4.79 Å². The average molecular weight is 420 g/mol. The summed E-state index contributed by atoms with van der Waals surface area (Å²) in [5.41, 5.74) is 2.22. The SMILES string of the molecule is CCC1CCCN(C(=O)c2ccc(Nc3nccc(Nc4ccc(F)cc4)n3)cc2)C1. The second kappa shape index (κ2) is 9.55. The molecule has 31 heavy (non-hydrogen) atoms. The lowest BCUT2D eigenvalue weighted by Gasteiger charge is -2.32. The molecule has 7 heteroatoms. The first-order chi connectivity index (χ1) is 15.1. The van der Waals surface area contributed by atoms with E-state index in [4.69, 9.17) is 0 Å². The molecule has 1 unspecified atom stereocenters. The van der Waals surface area contributed by atoms with Gasteiger partial charge in [0.15, 0.2) is 0 Å². The first kappa shape index (κ1) is 20.8. The summed E-state index contributed by atoms with van der Waals surface area (Å²) >= 11 is 0. The number of nitrogens with one attached hydrogen (secondary N) is 2. The van der Waals surface area contributed by atoms with Crippen molar-refractivity contribution in [1.29, 1.82) is 0 Å². The summed E-state index contributed by atoms with van der Waals surface area (Å²) in [5, 5.41) is 6.27. The minimum atomic E-state index is -0.289. The van der Waals surface area contributed by atoms with Crippen molar-refractivity contribution in [1.82, 2.24) is 14.9 Å². The van der Waals surface area contributed by atoms with Crippen LogP contribution in [0.1, 0.15) is 36.5 Å². The smallest absolute Gasteiger partial charge is 0.253 e. The summed E-state index contributed by atoms with van der Waals surface area (Å²) < 4.78 is 13.1. The highest BCUT2D eigenvalue weighted by Gasteiger charge is 2.23. The summed E-state index contributed by atoms with van der Waals surface area (Å²) in [6.07, 6.45) is 5.03. The highest BCUT2D eigenvalue weighted by Crippen LogP contribution is 2.22. The van der Waals surface area contributed by atoms with Crippen molar-refractivity contribution in [3.05, 3.63) is 72.2 Å². The Bertz CT molecular complexity index is 1020. The fourth-order valence-corrected chi connectivity index (χ4v) is 3.76. The summed E-state index contributed by atoms with van der Waals surface area (Å²) in [4.78, 5) is 23.5. The van der Waals surface area contributed by atoms with Crippen molar-refractivity contribution in [2.45, 2.75) is 26.2 Å². The van der Waals surface area contributed by atoms with E-state index >= 15 is 0 Å². The number of nitrogens with zero attached hydrogens (tertiary/aromatic N) is 3. The largest absolute Gasteiger partial charge is 0.340 e. The van der Waals surface area contributed by atoms with Gasteiger partial charge in [-0.2, -0.15) is 4.98 Å². The second-order valence-electron chi connectivity index (χ2n) is 7.77. The van der Waals surface area contributed by atoms with Crippen LogP contribution in [0.5, 0.6) is 0 Å². The Kier molecular flexibility index (Phi) is 6.40. The number of likely N-dealkylation sites (tertiary alicyclic amines) is 1. The predicted molar refractivity (Wildman–Crippen MR) is 120 cm³/mol. The van der Waals surface area contributed by atoms with Crippen molar-refractivity contribution < 1.29 is 9.18 Å².